The first-order chi connectivity index (χ1) is 12.2. The number of aryl methyl sites for hydroxylation is 2. The number of aromatic nitrogens is 6. The van der Waals surface area contributed by atoms with Crippen LogP contribution in [0, 0.1) is 0 Å². The van der Waals surface area contributed by atoms with Crippen molar-refractivity contribution < 1.29 is 4.52 Å². The van der Waals surface area contributed by atoms with E-state index in [9.17, 15) is 0 Å². The summed E-state index contributed by atoms with van der Waals surface area (Å²) in [6.07, 6.45) is 6.39. The molecule has 0 radical (unpaired) electrons. The summed E-state index contributed by atoms with van der Waals surface area (Å²) < 4.78 is 6.96. The maximum atomic E-state index is 5.20. The maximum Gasteiger partial charge on any atom is 0.226 e. The van der Waals surface area contributed by atoms with Gasteiger partial charge in [0.1, 0.15) is 12.1 Å². The van der Waals surface area contributed by atoms with Gasteiger partial charge in [0, 0.05) is 26.1 Å². The Morgan fingerprint density at radius 3 is 3.12 bits per heavy atom. The minimum atomic E-state index is 0.324. The van der Waals surface area contributed by atoms with E-state index in [2.05, 4.69) is 35.4 Å². The first-order valence-corrected chi connectivity index (χ1v) is 8.66. The molecule has 4 heterocycles. The molecule has 4 rings (SSSR count). The summed E-state index contributed by atoms with van der Waals surface area (Å²) in [7, 11) is 1.89. The molecule has 3 aromatic rings. The van der Waals surface area contributed by atoms with Crippen molar-refractivity contribution in [1.29, 1.82) is 0 Å². The van der Waals surface area contributed by atoms with Gasteiger partial charge in [-0.15, -0.1) is 0 Å². The maximum absolute atomic E-state index is 5.20. The second-order valence-corrected chi connectivity index (χ2v) is 6.40. The van der Waals surface area contributed by atoms with Crippen molar-refractivity contribution in [1.82, 2.24) is 34.8 Å². The molecular weight excluding hydrogens is 320 g/mol. The van der Waals surface area contributed by atoms with Crippen LogP contribution in [0.4, 0.5) is 5.82 Å². The number of nitrogens with one attached hydrogen (secondary N) is 1. The van der Waals surface area contributed by atoms with Gasteiger partial charge in [-0.25, -0.2) is 9.97 Å². The molecule has 0 spiro atoms. The zero-order valence-electron chi connectivity index (χ0n) is 14.5. The Hall–Kier alpha value is -2.55. The van der Waals surface area contributed by atoms with Crippen molar-refractivity contribution in [3.8, 4) is 0 Å². The van der Waals surface area contributed by atoms with Crippen molar-refractivity contribution in [3.05, 3.63) is 24.2 Å². The van der Waals surface area contributed by atoms with Gasteiger partial charge in [-0.3, -0.25) is 9.58 Å². The number of nitrogens with zero attached hydrogens (tertiary/aromatic N) is 7. The molecule has 0 unspecified atom stereocenters. The minimum absolute atomic E-state index is 0.324. The monoisotopic (exact) mass is 342 g/mol. The molecule has 0 aliphatic carbocycles. The lowest BCUT2D eigenvalue weighted by Gasteiger charge is -2.32. The van der Waals surface area contributed by atoms with Crippen LogP contribution in [0.15, 0.2) is 17.0 Å². The zero-order valence-corrected chi connectivity index (χ0v) is 14.5. The Bertz CT molecular complexity index is 857. The van der Waals surface area contributed by atoms with Gasteiger partial charge < -0.3 is 9.84 Å². The Morgan fingerprint density at radius 1 is 1.36 bits per heavy atom. The van der Waals surface area contributed by atoms with Gasteiger partial charge in [0.15, 0.2) is 11.5 Å². The van der Waals surface area contributed by atoms with Crippen molar-refractivity contribution >= 4 is 16.9 Å². The Morgan fingerprint density at radius 2 is 2.28 bits per heavy atom. The van der Waals surface area contributed by atoms with E-state index in [4.69, 9.17) is 4.52 Å². The highest BCUT2D eigenvalue weighted by atomic mass is 16.5. The second kappa shape index (κ2) is 6.75. The smallest absolute Gasteiger partial charge is 0.226 e. The minimum Gasteiger partial charge on any atom is -0.365 e. The highest BCUT2D eigenvalue weighted by molar-refractivity contribution is 5.86. The molecule has 1 aliphatic heterocycles. The number of likely N-dealkylation sites (tertiary alicyclic amines) is 1. The molecule has 1 fully saturated rings. The van der Waals surface area contributed by atoms with E-state index < -0.39 is 0 Å². The summed E-state index contributed by atoms with van der Waals surface area (Å²) in [5, 5.41) is 12.8. The molecule has 0 aromatic carbocycles. The van der Waals surface area contributed by atoms with Crippen molar-refractivity contribution in [3.63, 3.8) is 0 Å². The summed E-state index contributed by atoms with van der Waals surface area (Å²) in [6.45, 7) is 4.69. The van der Waals surface area contributed by atoms with E-state index in [1.54, 1.807) is 11.0 Å². The van der Waals surface area contributed by atoms with Crippen LogP contribution in [0.1, 0.15) is 31.5 Å². The van der Waals surface area contributed by atoms with E-state index in [0.29, 0.717) is 18.5 Å². The van der Waals surface area contributed by atoms with Crippen LogP contribution in [0.25, 0.3) is 11.0 Å². The van der Waals surface area contributed by atoms with Gasteiger partial charge in [0.05, 0.1) is 18.1 Å². The summed E-state index contributed by atoms with van der Waals surface area (Å²) in [5.74, 6) is 2.30. The van der Waals surface area contributed by atoms with Crippen LogP contribution < -0.4 is 5.32 Å². The molecule has 25 heavy (non-hydrogen) atoms. The molecule has 9 heteroatoms. The van der Waals surface area contributed by atoms with Crippen molar-refractivity contribution in [2.75, 3.05) is 18.4 Å². The van der Waals surface area contributed by atoms with Crippen molar-refractivity contribution in [2.45, 2.75) is 38.8 Å². The topological polar surface area (TPSA) is 97.8 Å². The average molecular weight is 342 g/mol. The van der Waals surface area contributed by atoms with Crippen molar-refractivity contribution in [2.24, 2.45) is 7.05 Å². The number of anilines is 1. The molecule has 1 atom stereocenters. The predicted octanol–water partition coefficient (Wildman–Crippen LogP) is 1.39. The molecule has 0 saturated carbocycles. The quantitative estimate of drug-likeness (QED) is 0.743. The molecule has 3 aromatic heterocycles. The largest absolute Gasteiger partial charge is 0.365 e. The highest BCUT2D eigenvalue weighted by Crippen LogP contribution is 2.21. The van der Waals surface area contributed by atoms with Crippen LogP contribution in [0.2, 0.25) is 0 Å². The summed E-state index contributed by atoms with van der Waals surface area (Å²) in [4.78, 5) is 15.4. The Kier molecular flexibility index (Phi) is 4.31. The SMILES string of the molecule is CCc1nc(CN2CCC[C@@H](Nc3ncnc4c3cnn4C)C2)no1. The van der Waals surface area contributed by atoms with Gasteiger partial charge in [-0.1, -0.05) is 12.1 Å². The first-order valence-electron chi connectivity index (χ1n) is 8.66. The van der Waals surface area contributed by atoms with Gasteiger partial charge in [0.25, 0.3) is 0 Å². The Balaban J connectivity index is 1.44. The molecule has 1 saturated heterocycles. The summed E-state index contributed by atoms with van der Waals surface area (Å²) in [6, 6.07) is 0.324. The zero-order chi connectivity index (χ0) is 17.2. The summed E-state index contributed by atoms with van der Waals surface area (Å²) >= 11 is 0. The number of fused-ring (bicyclic) bond motifs is 1. The van der Waals surface area contributed by atoms with Gasteiger partial charge in [-0.05, 0) is 19.4 Å². The van der Waals surface area contributed by atoms with Crippen LogP contribution in [-0.4, -0.2) is 53.9 Å². The van der Waals surface area contributed by atoms with Gasteiger partial charge in [0.2, 0.25) is 5.89 Å². The van der Waals surface area contributed by atoms with E-state index in [1.165, 1.54) is 0 Å². The number of hydrogen-bond donors (Lipinski definition) is 1. The van der Waals surface area contributed by atoms with E-state index in [0.717, 1.165) is 55.0 Å². The molecule has 0 bridgehead atoms. The lowest BCUT2D eigenvalue weighted by atomic mass is 10.1. The highest BCUT2D eigenvalue weighted by Gasteiger charge is 2.22. The number of piperidine rings is 1. The molecular formula is C16H22N8O. The molecule has 1 aliphatic rings. The van der Waals surface area contributed by atoms with E-state index >= 15 is 0 Å². The van der Waals surface area contributed by atoms with Gasteiger partial charge in [-0.2, -0.15) is 10.1 Å². The lowest BCUT2D eigenvalue weighted by Crippen LogP contribution is -2.42. The third-order valence-electron chi connectivity index (χ3n) is 4.55. The summed E-state index contributed by atoms with van der Waals surface area (Å²) in [5.41, 5.74) is 0.837. The first kappa shape index (κ1) is 15.9. The normalized spacial score (nSPS) is 18.7. The van der Waals surface area contributed by atoms with Crippen LogP contribution in [0.3, 0.4) is 0 Å². The molecule has 132 valence electrons. The Labute approximate surface area is 145 Å². The molecule has 1 N–H and O–H groups in total. The fourth-order valence-corrected chi connectivity index (χ4v) is 3.29. The number of rotatable bonds is 5. The van der Waals surface area contributed by atoms with Crippen LogP contribution in [-0.2, 0) is 20.0 Å². The van der Waals surface area contributed by atoms with E-state index in [-0.39, 0.29) is 0 Å². The third-order valence-corrected chi connectivity index (χ3v) is 4.55. The van der Waals surface area contributed by atoms with Crippen LogP contribution in [0.5, 0.6) is 0 Å². The molecule has 9 nitrogen and oxygen atoms in total. The fourth-order valence-electron chi connectivity index (χ4n) is 3.29. The lowest BCUT2D eigenvalue weighted by molar-refractivity contribution is 0.201. The van der Waals surface area contributed by atoms with Gasteiger partial charge >= 0.3 is 0 Å². The van der Waals surface area contributed by atoms with E-state index in [1.807, 2.05) is 20.2 Å². The molecule has 0 amide bonds. The van der Waals surface area contributed by atoms with Crippen LogP contribution >= 0.6 is 0 Å². The fraction of sp³-hybridized carbons (Fsp3) is 0.562. The second-order valence-electron chi connectivity index (χ2n) is 6.40. The predicted molar refractivity (Wildman–Crippen MR) is 91.9 cm³/mol. The standard InChI is InChI=1S/C16H22N8O/c1-3-14-21-13(22-25-14)9-24-6-4-5-11(8-24)20-15-12-7-19-23(2)16(12)18-10-17-15/h7,10-11H,3-6,8-9H2,1-2H3,(H,17,18,20)/t11-/m1/s1. The average Bonchev–Trinajstić information content (AvgIpc) is 3.23. The number of hydrogen-bond acceptors (Lipinski definition) is 8. The third kappa shape index (κ3) is 3.32.